The molecule has 1 aliphatic heterocycles. The van der Waals surface area contributed by atoms with Gasteiger partial charge in [0.2, 0.25) is 0 Å². The summed E-state index contributed by atoms with van der Waals surface area (Å²) in [6.45, 7) is 5.96. The summed E-state index contributed by atoms with van der Waals surface area (Å²) in [5, 5.41) is 16.5. The number of hydrogen-bond donors (Lipinski definition) is 2. The lowest BCUT2D eigenvalue weighted by Gasteiger charge is -2.46. The van der Waals surface area contributed by atoms with Gasteiger partial charge >= 0.3 is 0 Å². The van der Waals surface area contributed by atoms with E-state index in [0.29, 0.717) is 24.4 Å². The van der Waals surface area contributed by atoms with Gasteiger partial charge in [-0.15, -0.1) is 11.3 Å². The average molecular weight is 423 g/mol. The molecule has 1 amide bonds. The Morgan fingerprint density at radius 1 is 1.23 bits per heavy atom. The minimum Gasteiger partial charge on any atom is -0.389 e. The zero-order valence-corrected chi connectivity index (χ0v) is 18.0. The highest BCUT2D eigenvalue weighted by atomic mass is 32.1. The van der Waals surface area contributed by atoms with Crippen LogP contribution in [0.15, 0.2) is 54.2 Å². The van der Waals surface area contributed by atoms with Crippen molar-refractivity contribution in [2.75, 3.05) is 13.1 Å². The van der Waals surface area contributed by atoms with E-state index in [1.54, 1.807) is 18.3 Å². The number of amides is 1. The van der Waals surface area contributed by atoms with E-state index < -0.39 is 11.6 Å². The van der Waals surface area contributed by atoms with Crippen LogP contribution in [-0.4, -0.2) is 45.1 Å². The number of aryl methyl sites for hydroxylation is 2. The van der Waals surface area contributed by atoms with Crippen LogP contribution in [0.2, 0.25) is 0 Å². The fourth-order valence-electron chi connectivity index (χ4n) is 3.98. The second-order valence-corrected chi connectivity index (χ2v) is 8.84. The first-order chi connectivity index (χ1) is 14.5. The smallest absolute Gasteiger partial charge is 0.255 e. The number of aliphatic hydroxyl groups is 1. The number of piperidine rings is 1. The summed E-state index contributed by atoms with van der Waals surface area (Å²) in [5.41, 5.74) is 1.72. The second kappa shape index (κ2) is 8.63. The molecule has 0 aliphatic carbocycles. The Labute approximate surface area is 180 Å². The fraction of sp³-hybridized carbons (Fsp3) is 0.348. The number of likely N-dealkylation sites (tertiary alicyclic amines) is 1. The van der Waals surface area contributed by atoms with Crippen LogP contribution >= 0.6 is 11.3 Å². The molecule has 0 unspecified atom stereocenters. The van der Waals surface area contributed by atoms with E-state index in [2.05, 4.69) is 38.6 Å². The Hall–Kier alpha value is -2.61. The maximum atomic E-state index is 13.0. The third-order valence-corrected chi connectivity index (χ3v) is 6.83. The molecule has 1 fully saturated rings. The third-order valence-electron chi connectivity index (χ3n) is 5.83. The predicted octanol–water partition coefficient (Wildman–Crippen LogP) is 3.05. The van der Waals surface area contributed by atoms with Gasteiger partial charge in [0.05, 0.1) is 17.2 Å². The highest BCUT2D eigenvalue weighted by Gasteiger charge is 2.45. The lowest BCUT2D eigenvalue weighted by Crippen LogP contribution is -2.61. The van der Waals surface area contributed by atoms with E-state index in [4.69, 9.17) is 0 Å². The molecule has 0 radical (unpaired) electrons. The molecule has 7 heteroatoms. The lowest BCUT2D eigenvalue weighted by molar-refractivity contribution is -0.0178. The Kier molecular flexibility index (Phi) is 5.94. The lowest BCUT2D eigenvalue weighted by atomic mass is 9.78. The van der Waals surface area contributed by atoms with Gasteiger partial charge in [0.1, 0.15) is 5.82 Å². The van der Waals surface area contributed by atoms with Crippen molar-refractivity contribution in [2.24, 2.45) is 0 Å². The largest absolute Gasteiger partial charge is 0.389 e. The van der Waals surface area contributed by atoms with Crippen LogP contribution in [0.4, 0.5) is 0 Å². The van der Waals surface area contributed by atoms with Gasteiger partial charge in [-0.25, -0.2) is 9.97 Å². The number of rotatable bonds is 5. The van der Waals surface area contributed by atoms with Gasteiger partial charge in [0.15, 0.2) is 0 Å². The number of nitrogens with zero attached hydrogens (tertiary/aromatic N) is 3. The molecule has 1 aromatic carbocycles. The number of thiophene rings is 1. The topological polar surface area (TPSA) is 78.4 Å². The van der Waals surface area contributed by atoms with Crippen LogP contribution in [0.5, 0.6) is 0 Å². The molecule has 3 heterocycles. The summed E-state index contributed by atoms with van der Waals surface area (Å²) in [6, 6.07) is 11.9. The molecular weight excluding hydrogens is 396 g/mol. The minimum atomic E-state index is -0.857. The first kappa shape index (κ1) is 20.7. The van der Waals surface area contributed by atoms with Crippen molar-refractivity contribution >= 4 is 17.2 Å². The van der Waals surface area contributed by atoms with Crippen LogP contribution in [0, 0.1) is 13.8 Å². The molecule has 156 valence electrons. The van der Waals surface area contributed by atoms with Crippen molar-refractivity contribution < 1.29 is 9.90 Å². The normalized spacial score (nSPS) is 22.0. The molecular formula is C23H26N4O2S. The van der Waals surface area contributed by atoms with Crippen LogP contribution < -0.4 is 5.32 Å². The van der Waals surface area contributed by atoms with E-state index in [9.17, 15) is 9.90 Å². The van der Waals surface area contributed by atoms with Crippen molar-refractivity contribution in [3.63, 3.8) is 0 Å². The van der Waals surface area contributed by atoms with Crippen LogP contribution in [0.25, 0.3) is 0 Å². The summed E-state index contributed by atoms with van der Waals surface area (Å²) < 4.78 is 0. The zero-order valence-electron chi connectivity index (χ0n) is 17.2. The minimum absolute atomic E-state index is 0.277. The summed E-state index contributed by atoms with van der Waals surface area (Å²) >= 11 is 1.74. The van der Waals surface area contributed by atoms with Crippen molar-refractivity contribution in [3.8, 4) is 0 Å². The molecule has 30 heavy (non-hydrogen) atoms. The highest BCUT2D eigenvalue weighted by Crippen LogP contribution is 2.34. The summed E-state index contributed by atoms with van der Waals surface area (Å²) in [7, 11) is 0. The zero-order chi connectivity index (χ0) is 21.1. The number of benzene rings is 1. The summed E-state index contributed by atoms with van der Waals surface area (Å²) in [5.74, 6) is 0.335. The number of hydrogen-bond acceptors (Lipinski definition) is 6. The molecule has 1 saturated heterocycles. The first-order valence-electron chi connectivity index (χ1n) is 10.1. The molecule has 2 aromatic heterocycles. The number of β-amino-alcohol motifs (C(OH)–C–C–N with tert-alkyl or cyclic N) is 1. The molecule has 0 spiro atoms. The van der Waals surface area contributed by atoms with Gasteiger partial charge in [0.25, 0.3) is 5.91 Å². The molecule has 0 saturated carbocycles. The molecule has 3 aromatic rings. The van der Waals surface area contributed by atoms with Gasteiger partial charge < -0.3 is 10.4 Å². The van der Waals surface area contributed by atoms with Crippen molar-refractivity contribution in [1.29, 1.82) is 0 Å². The molecule has 2 N–H and O–H groups in total. The molecule has 2 atom stereocenters. The number of aromatic nitrogens is 2. The quantitative estimate of drug-likeness (QED) is 0.661. The number of carbonyl (C=O) groups is 1. The average Bonchev–Trinajstić information content (AvgIpc) is 3.15. The van der Waals surface area contributed by atoms with Crippen LogP contribution in [0.3, 0.4) is 0 Å². The monoisotopic (exact) mass is 422 g/mol. The maximum Gasteiger partial charge on any atom is 0.255 e. The van der Waals surface area contributed by atoms with Crippen LogP contribution in [0.1, 0.15) is 38.6 Å². The molecule has 4 rings (SSSR count). The van der Waals surface area contributed by atoms with Gasteiger partial charge in [-0.1, -0.05) is 30.3 Å². The SMILES string of the molecule is Cc1ncc(C(=O)N[C@@]2(c3ccccc3)CCN(Cc3sccc3C)C[C@H]2O)cn1. The Morgan fingerprint density at radius 2 is 1.97 bits per heavy atom. The van der Waals surface area contributed by atoms with E-state index in [1.165, 1.54) is 22.8 Å². The van der Waals surface area contributed by atoms with E-state index in [1.807, 2.05) is 30.3 Å². The maximum absolute atomic E-state index is 13.0. The molecule has 6 nitrogen and oxygen atoms in total. The third kappa shape index (κ3) is 4.14. The van der Waals surface area contributed by atoms with Crippen molar-refractivity contribution in [1.82, 2.24) is 20.2 Å². The number of aliphatic hydroxyl groups excluding tert-OH is 1. The first-order valence-corrected chi connectivity index (χ1v) is 11.0. The standard InChI is InChI=1S/C23H26N4O2S/c1-16-8-11-30-20(16)14-27-10-9-23(21(28)15-27,19-6-4-3-5-7-19)26-22(29)18-12-24-17(2)25-13-18/h3-8,11-13,21,28H,9-10,14-15H2,1-2H3,(H,26,29)/t21-,23-/m1/s1. The molecule has 1 aliphatic rings. The van der Waals surface area contributed by atoms with Crippen molar-refractivity contribution in [3.05, 3.63) is 81.6 Å². The van der Waals surface area contributed by atoms with Gasteiger partial charge in [-0.2, -0.15) is 0 Å². The Bertz CT molecular complexity index is 1010. The number of carbonyl (C=O) groups excluding carboxylic acids is 1. The molecule has 0 bridgehead atoms. The second-order valence-electron chi connectivity index (χ2n) is 7.84. The van der Waals surface area contributed by atoms with E-state index >= 15 is 0 Å². The van der Waals surface area contributed by atoms with Gasteiger partial charge in [-0.3, -0.25) is 9.69 Å². The Balaban J connectivity index is 1.58. The van der Waals surface area contributed by atoms with E-state index in [-0.39, 0.29) is 5.91 Å². The van der Waals surface area contributed by atoms with E-state index in [0.717, 1.165) is 18.7 Å². The number of nitrogens with one attached hydrogen (secondary N) is 1. The summed E-state index contributed by atoms with van der Waals surface area (Å²) in [6.07, 6.45) is 2.92. The van der Waals surface area contributed by atoms with Crippen molar-refractivity contribution in [2.45, 2.75) is 38.5 Å². The Morgan fingerprint density at radius 3 is 2.60 bits per heavy atom. The predicted molar refractivity (Wildman–Crippen MR) is 117 cm³/mol. The van der Waals surface area contributed by atoms with Gasteiger partial charge in [0, 0.05) is 36.9 Å². The fourth-order valence-corrected chi connectivity index (χ4v) is 4.93. The van der Waals surface area contributed by atoms with Gasteiger partial charge in [-0.05, 0) is 42.8 Å². The van der Waals surface area contributed by atoms with Crippen LogP contribution in [-0.2, 0) is 12.1 Å². The summed E-state index contributed by atoms with van der Waals surface area (Å²) in [4.78, 5) is 24.8. The highest BCUT2D eigenvalue weighted by molar-refractivity contribution is 7.10.